The van der Waals surface area contributed by atoms with E-state index in [9.17, 15) is 9.59 Å². The molecule has 0 atom stereocenters. The van der Waals surface area contributed by atoms with E-state index in [0.717, 1.165) is 5.82 Å². The van der Waals surface area contributed by atoms with Crippen LogP contribution in [-0.2, 0) is 6.54 Å². The van der Waals surface area contributed by atoms with Crippen LogP contribution in [0.1, 0.15) is 21.0 Å². The Bertz CT molecular complexity index is 796. The Hall–Kier alpha value is -2.97. The van der Waals surface area contributed by atoms with E-state index in [0.29, 0.717) is 50.7 Å². The summed E-state index contributed by atoms with van der Waals surface area (Å²) in [6.45, 7) is 3.79. The first-order valence-corrected chi connectivity index (χ1v) is 8.27. The number of likely N-dealkylation sites (N-methyl/N-ethyl adjacent to an activating group) is 1. The Morgan fingerprint density at radius 1 is 1.08 bits per heavy atom. The van der Waals surface area contributed by atoms with Gasteiger partial charge in [-0.15, -0.1) is 0 Å². The molecule has 9 heteroatoms. The van der Waals surface area contributed by atoms with Gasteiger partial charge in [0.1, 0.15) is 11.5 Å². The lowest BCUT2D eigenvalue weighted by molar-refractivity contribution is 0.0728. The third kappa shape index (κ3) is 2.81. The molecule has 0 aromatic carbocycles. The Labute approximate surface area is 144 Å². The molecular formula is C16H19N7O2. The first-order valence-electron chi connectivity index (χ1n) is 8.27. The van der Waals surface area contributed by atoms with E-state index in [1.165, 1.54) is 0 Å². The van der Waals surface area contributed by atoms with Gasteiger partial charge in [0.25, 0.3) is 11.8 Å². The van der Waals surface area contributed by atoms with Gasteiger partial charge in [0, 0.05) is 58.2 Å². The first-order chi connectivity index (χ1) is 12.1. The molecule has 0 radical (unpaired) electrons. The van der Waals surface area contributed by atoms with E-state index in [1.807, 2.05) is 0 Å². The van der Waals surface area contributed by atoms with Gasteiger partial charge < -0.3 is 14.7 Å². The number of piperazine rings is 1. The maximum Gasteiger partial charge on any atom is 0.274 e. The summed E-state index contributed by atoms with van der Waals surface area (Å²) in [6.07, 6.45) is 5.03. The molecule has 0 saturated carbocycles. The SMILES string of the molecule is CN1CCn2nc(C(=O)N3CCN(c4cnccn4)CC3)cc2C1=O. The highest BCUT2D eigenvalue weighted by Gasteiger charge is 2.29. The number of carbonyl (C=O) groups is 2. The van der Waals surface area contributed by atoms with Crippen molar-refractivity contribution in [1.29, 1.82) is 0 Å². The van der Waals surface area contributed by atoms with Crippen molar-refractivity contribution in [3.05, 3.63) is 36.0 Å². The average molecular weight is 341 g/mol. The van der Waals surface area contributed by atoms with Crippen LogP contribution in [0.2, 0.25) is 0 Å². The van der Waals surface area contributed by atoms with E-state index in [-0.39, 0.29) is 11.8 Å². The molecule has 2 aliphatic heterocycles. The minimum absolute atomic E-state index is 0.0923. The van der Waals surface area contributed by atoms with Crippen LogP contribution in [0.5, 0.6) is 0 Å². The smallest absolute Gasteiger partial charge is 0.274 e. The van der Waals surface area contributed by atoms with E-state index >= 15 is 0 Å². The number of nitrogens with zero attached hydrogens (tertiary/aromatic N) is 7. The Kier molecular flexibility index (Phi) is 3.83. The highest BCUT2D eigenvalue weighted by molar-refractivity contribution is 5.98. The van der Waals surface area contributed by atoms with E-state index < -0.39 is 0 Å². The summed E-state index contributed by atoms with van der Waals surface area (Å²) < 4.78 is 1.63. The van der Waals surface area contributed by atoms with Crippen LogP contribution >= 0.6 is 0 Å². The predicted molar refractivity (Wildman–Crippen MR) is 89.3 cm³/mol. The van der Waals surface area contributed by atoms with E-state index in [4.69, 9.17) is 0 Å². The van der Waals surface area contributed by atoms with Crippen molar-refractivity contribution in [3.63, 3.8) is 0 Å². The fraction of sp³-hybridized carbons (Fsp3) is 0.438. The number of rotatable bonds is 2. The summed E-state index contributed by atoms with van der Waals surface area (Å²) in [5, 5.41) is 4.33. The van der Waals surface area contributed by atoms with Gasteiger partial charge in [0.05, 0.1) is 12.7 Å². The number of anilines is 1. The topological polar surface area (TPSA) is 87.5 Å². The number of fused-ring (bicyclic) bond motifs is 1. The molecule has 0 aliphatic carbocycles. The van der Waals surface area contributed by atoms with Gasteiger partial charge >= 0.3 is 0 Å². The summed E-state index contributed by atoms with van der Waals surface area (Å²) in [6, 6.07) is 1.61. The van der Waals surface area contributed by atoms with Crippen LogP contribution in [0.3, 0.4) is 0 Å². The lowest BCUT2D eigenvalue weighted by Gasteiger charge is -2.34. The molecule has 0 bridgehead atoms. The molecule has 0 N–H and O–H groups in total. The second kappa shape index (κ2) is 6.15. The number of hydrogen-bond donors (Lipinski definition) is 0. The normalized spacial score (nSPS) is 17.6. The highest BCUT2D eigenvalue weighted by Crippen LogP contribution is 2.16. The van der Waals surface area contributed by atoms with Crippen molar-refractivity contribution in [2.75, 3.05) is 44.7 Å². The largest absolute Gasteiger partial charge is 0.352 e. The van der Waals surface area contributed by atoms with Crippen LogP contribution < -0.4 is 4.90 Å². The van der Waals surface area contributed by atoms with Crippen LogP contribution in [0.15, 0.2) is 24.7 Å². The third-order valence-corrected chi connectivity index (χ3v) is 4.65. The second-order valence-electron chi connectivity index (χ2n) is 6.21. The molecule has 4 rings (SSSR count). The maximum absolute atomic E-state index is 12.7. The van der Waals surface area contributed by atoms with Crippen LogP contribution in [0, 0.1) is 0 Å². The fourth-order valence-corrected chi connectivity index (χ4v) is 3.16. The van der Waals surface area contributed by atoms with Gasteiger partial charge in [0.15, 0.2) is 5.69 Å². The molecule has 2 aliphatic rings. The number of carbonyl (C=O) groups excluding carboxylic acids is 2. The van der Waals surface area contributed by atoms with Crippen LogP contribution in [0.4, 0.5) is 5.82 Å². The summed E-state index contributed by atoms with van der Waals surface area (Å²) >= 11 is 0. The minimum atomic E-state index is -0.129. The molecule has 4 heterocycles. The van der Waals surface area contributed by atoms with Gasteiger partial charge in [-0.25, -0.2) is 4.98 Å². The van der Waals surface area contributed by atoms with Crippen molar-refractivity contribution >= 4 is 17.6 Å². The average Bonchev–Trinajstić information content (AvgIpc) is 3.10. The van der Waals surface area contributed by atoms with Crippen LogP contribution in [-0.4, -0.2) is 81.1 Å². The van der Waals surface area contributed by atoms with Gasteiger partial charge in [-0.05, 0) is 0 Å². The molecule has 1 fully saturated rings. The quantitative estimate of drug-likeness (QED) is 0.747. The van der Waals surface area contributed by atoms with E-state index in [2.05, 4.69) is 20.0 Å². The lowest BCUT2D eigenvalue weighted by Crippen LogP contribution is -2.49. The lowest BCUT2D eigenvalue weighted by atomic mass is 10.2. The zero-order valence-corrected chi connectivity index (χ0v) is 14.0. The summed E-state index contributed by atoms with van der Waals surface area (Å²) in [5.74, 6) is 0.599. The standard InChI is InChI=1S/C16H19N7O2/c1-20-4-9-23-13(16(20)25)10-12(19-23)15(24)22-7-5-21(6-8-22)14-11-17-2-3-18-14/h2-3,10-11H,4-9H2,1H3. The van der Waals surface area contributed by atoms with Crippen molar-refractivity contribution < 1.29 is 9.59 Å². The van der Waals surface area contributed by atoms with Crippen molar-refractivity contribution in [1.82, 2.24) is 29.5 Å². The van der Waals surface area contributed by atoms with Crippen molar-refractivity contribution in [3.8, 4) is 0 Å². The summed E-state index contributed by atoms with van der Waals surface area (Å²) in [4.78, 5) is 38.8. The highest BCUT2D eigenvalue weighted by atomic mass is 16.2. The van der Waals surface area contributed by atoms with Gasteiger partial charge in [-0.2, -0.15) is 5.10 Å². The molecular weight excluding hydrogens is 322 g/mol. The first kappa shape index (κ1) is 15.6. The molecule has 2 aromatic heterocycles. The van der Waals surface area contributed by atoms with Crippen LogP contribution in [0.25, 0.3) is 0 Å². The number of aromatic nitrogens is 4. The van der Waals surface area contributed by atoms with Crippen molar-refractivity contribution in [2.45, 2.75) is 6.54 Å². The molecule has 1 saturated heterocycles. The molecule has 25 heavy (non-hydrogen) atoms. The van der Waals surface area contributed by atoms with Gasteiger partial charge in [0.2, 0.25) is 0 Å². The third-order valence-electron chi connectivity index (χ3n) is 4.65. The molecule has 2 aromatic rings. The van der Waals surface area contributed by atoms with Gasteiger partial charge in [-0.1, -0.05) is 0 Å². The Balaban J connectivity index is 1.45. The number of hydrogen-bond acceptors (Lipinski definition) is 6. The summed E-state index contributed by atoms with van der Waals surface area (Å²) in [5.41, 5.74) is 0.821. The number of amides is 2. The zero-order valence-electron chi connectivity index (χ0n) is 14.0. The van der Waals surface area contributed by atoms with Gasteiger partial charge in [-0.3, -0.25) is 19.3 Å². The summed E-state index contributed by atoms with van der Waals surface area (Å²) in [7, 11) is 1.76. The molecule has 2 amide bonds. The van der Waals surface area contributed by atoms with Crippen molar-refractivity contribution in [2.24, 2.45) is 0 Å². The molecule has 0 unspecified atom stereocenters. The Morgan fingerprint density at radius 2 is 1.88 bits per heavy atom. The molecule has 130 valence electrons. The molecule has 0 spiro atoms. The zero-order chi connectivity index (χ0) is 17.4. The maximum atomic E-state index is 12.7. The van der Waals surface area contributed by atoms with E-state index in [1.54, 1.807) is 46.2 Å². The minimum Gasteiger partial charge on any atom is -0.352 e. The fourth-order valence-electron chi connectivity index (χ4n) is 3.16. The monoisotopic (exact) mass is 341 g/mol. The Morgan fingerprint density at radius 3 is 2.60 bits per heavy atom. The second-order valence-corrected chi connectivity index (χ2v) is 6.21. The molecule has 9 nitrogen and oxygen atoms in total. The predicted octanol–water partition coefficient (Wildman–Crippen LogP) is -0.279.